The molecule has 3 atom stereocenters. The van der Waals surface area contributed by atoms with Gasteiger partial charge in [0.2, 0.25) is 0 Å². The number of rotatable bonds is 3. The summed E-state index contributed by atoms with van der Waals surface area (Å²) < 4.78 is 38.9. The molecule has 0 amide bonds. The van der Waals surface area contributed by atoms with Crippen LogP contribution in [0.25, 0.3) is 0 Å². The van der Waals surface area contributed by atoms with E-state index in [0.29, 0.717) is 18.6 Å². The summed E-state index contributed by atoms with van der Waals surface area (Å²) in [6.45, 7) is 9.32. The van der Waals surface area contributed by atoms with Crippen LogP contribution in [0.3, 0.4) is 0 Å². The lowest BCUT2D eigenvalue weighted by Gasteiger charge is -2.37. The number of fused-ring (bicyclic) bond motifs is 1. The SMILES string of the molecule is C[C@@H]1C[C@@]2(CNC3(C(F)(F)F)CC3)C[C@H]2N1C(C)(C)C. The molecule has 1 saturated heterocycles. The average molecular weight is 290 g/mol. The highest BCUT2D eigenvalue weighted by Crippen LogP contribution is 2.61. The zero-order valence-corrected chi connectivity index (χ0v) is 12.8. The van der Waals surface area contributed by atoms with Gasteiger partial charge >= 0.3 is 6.18 Å². The fourth-order valence-electron chi connectivity index (χ4n) is 4.35. The molecule has 116 valence electrons. The van der Waals surface area contributed by atoms with Gasteiger partial charge in [0.1, 0.15) is 5.54 Å². The van der Waals surface area contributed by atoms with Crippen LogP contribution in [0.5, 0.6) is 0 Å². The maximum absolute atomic E-state index is 13.0. The van der Waals surface area contributed by atoms with E-state index in [4.69, 9.17) is 0 Å². The fourth-order valence-corrected chi connectivity index (χ4v) is 4.35. The van der Waals surface area contributed by atoms with Crippen molar-refractivity contribution in [2.75, 3.05) is 6.54 Å². The van der Waals surface area contributed by atoms with Crippen molar-refractivity contribution in [3.05, 3.63) is 0 Å². The van der Waals surface area contributed by atoms with Crippen LogP contribution < -0.4 is 5.32 Å². The van der Waals surface area contributed by atoms with Crippen molar-refractivity contribution in [1.29, 1.82) is 0 Å². The van der Waals surface area contributed by atoms with E-state index in [9.17, 15) is 13.2 Å². The van der Waals surface area contributed by atoms with E-state index in [1.165, 1.54) is 0 Å². The lowest BCUT2D eigenvalue weighted by molar-refractivity contribution is -0.166. The Kier molecular flexibility index (Phi) is 2.87. The second-order valence-corrected chi connectivity index (χ2v) is 8.15. The Balaban J connectivity index is 1.64. The summed E-state index contributed by atoms with van der Waals surface area (Å²) in [5.41, 5.74) is -1.37. The van der Waals surface area contributed by atoms with Crippen LogP contribution in [-0.2, 0) is 0 Å². The summed E-state index contributed by atoms with van der Waals surface area (Å²) >= 11 is 0. The Bertz CT molecular complexity index is 408. The summed E-state index contributed by atoms with van der Waals surface area (Å²) in [7, 11) is 0. The van der Waals surface area contributed by atoms with Gasteiger partial charge in [-0.05, 0) is 53.4 Å². The number of halogens is 3. The quantitative estimate of drug-likeness (QED) is 0.858. The average Bonchev–Trinajstić information content (AvgIpc) is 3.11. The van der Waals surface area contributed by atoms with Crippen molar-refractivity contribution in [1.82, 2.24) is 10.2 Å². The molecule has 3 fully saturated rings. The molecule has 0 radical (unpaired) electrons. The van der Waals surface area contributed by atoms with Gasteiger partial charge in [0.25, 0.3) is 0 Å². The Morgan fingerprint density at radius 3 is 2.15 bits per heavy atom. The zero-order chi connectivity index (χ0) is 15.0. The summed E-state index contributed by atoms with van der Waals surface area (Å²) in [5.74, 6) is 0. The van der Waals surface area contributed by atoms with Gasteiger partial charge in [-0.25, -0.2) is 0 Å². The smallest absolute Gasteiger partial charge is 0.303 e. The topological polar surface area (TPSA) is 15.3 Å². The van der Waals surface area contributed by atoms with E-state index in [2.05, 4.69) is 37.9 Å². The van der Waals surface area contributed by atoms with E-state index in [1.54, 1.807) is 0 Å². The third-order valence-corrected chi connectivity index (χ3v) is 5.51. The summed E-state index contributed by atoms with van der Waals surface area (Å²) in [6, 6.07) is 0.936. The second kappa shape index (κ2) is 3.92. The molecular weight excluding hydrogens is 265 g/mol. The molecule has 1 heterocycles. The first-order valence-corrected chi connectivity index (χ1v) is 7.61. The first-order valence-electron chi connectivity index (χ1n) is 7.61. The standard InChI is InChI=1S/C15H25F3N2/c1-10-7-13(8-11(13)20(10)12(2,3)4)9-19-14(5-6-14)15(16,17)18/h10-11,19H,5-9H2,1-4H3/t10-,11-,13+/m1/s1. The molecule has 1 aliphatic heterocycles. The van der Waals surface area contributed by atoms with Crippen LogP contribution in [0.1, 0.15) is 53.4 Å². The molecule has 20 heavy (non-hydrogen) atoms. The number of nitrogens with one attached hydrogen (secondary N) is 1. The largest absolute Gasteiger partial charge is 0.406 e. The summed E-state index contributed by atoms with van der Waals surface area (Å²) in [6.07, 6.45) is -1.53. The van der Waals surface area contributed by atoms with Gasteiger partial charge in [-0.2, -0.15) is 13.2 Å². The van der Waals surface area contributed by atoms with E-state index in [1.807, 2.05) is 0 Å². The molecule has 0 aromatic heterocycles. The van der Waals surface area contributed by atoms with Crippen LogP contribution in [0.4, 0.5) is 13.2 Å². The lowest BCUT2D eigenvalue weighted by atomic mass is 9.99. The highest BCUT2D eigenvalue weighted by atomic mass is 19.4. The van der Waals surface area contributed by atoms with Crippen LogP contribution in [0.15, 0.2) is 0 Å². The molecule has 2 nitrogen and oxygen atoms in total. The molecule has 2 aliphatic carbocycles. The number of piperidine rings is 1. The first-order chi connectivity index (χ1) is 9.01. The molecule has 0 bridgehead atoms. The Morgan fingerprint density at radius 1 is 1.15 bits per heavy atom. The molecule has 3 rings (SSSR count). The van der Waals surface area contributed by atoms with Crippen LogP contribution >= 0.6 is 0 Å². The molecule has 5 heteroatoms. The number of hydrogen-bond acceptors (Lipinski definition) is 2. The van der Waals surface area contributed by atoms with E-state index >= 15 is 0 Å². The van der Waals surface area contributed by atoms with Gasteiger partial charge in [0.05, 0.1) is 0 Å². The van der Waals surface area contributed by atoms with Gasteiger partial charge in [0.15, 0.2) is 0 Å². The Hall–Kier alpha value is -0.290. The fraction of sp³-hybridized carbons (Fsp3) is 1.00. The molecule has 2 saturated carbocycles. The lowest BCUT2D eigenvalue weighted by Crippen LogP contribution is -2.47. The minimum atomic E-state index is -4.10. The van der Waals surface area contributed by atoms with Crippen LogP contribution in [0, 0.1) is 5.41 Å². The van der Waals surface area contributed by atoms with Crippen molar-refractivity contribution in [2.45, 2.75) is 82.7 Å². The third-order valence-electron chi connectivity index (χ3n) is 5.51. The molecule has 0 unspecified atom stereocenters. The van der Waals surface area contributed by atoms with Crippen LogP contribution in [-0.4, -0.2) is 40.8 Å². The second-order valence-electron chi connectivity index (χ2n) is 8.15. The predicted molar refractivity (Wildman–Crippen MR) is 72.5 cm³/mol. The van der Waals surface area contributed by atoms with E-state index in [0.717, 1.165) is 12.8 Å². The molecular formula is C15H25F3N2. The van der Waals surface area contributed by atoms with E-state index < -0.39 is 11.7 Å². The third kappa shape index (κ3) is 2.08. The zero-order valence-electron chi connectivity index (χ0n) is 12.8. The van der Waals surface area contributed by atoms with Crippen molar-refractivity contribution < 1.29 is 13.2 Å². The van der Waals surface area contributed by atoms with E-state index in [-0.39, 0.29) is 23.8 Å². The van der Waals surface area contributed by atoms with Crippen molar-refractivity contribution in [3.8, 4) is 0 Å². The molecule has 1 N–H and O–H groups in total. The number of likely N-dealkylation sites (tertiary alicyclic amines) is 1. The van der Waals surface area contributed by atoms with Gasteiger partial charge < -0.3 is 5.32 Å². The van der Waals surface area contributed by atoms with Crippen molar-refractivity contribution in [3.63, 3.8) is 0 Å². The number of hydrogen-bond donors (Lipinski definition) is 1. The van der Waals surface area contributed by atoms with Gasteiger partial charge in [-0.3, -0.25) is 4.90 Å². The van der Waals surface area contributed by atoms with Crippen molar-refractivity contribution in [2.24, 2.45) is 5.41 Å². The van der Waals surface area contributed by atoms with Gasteiger partial charge in [-0.15, -0.1) is 0 Å². The van der Waals surface area contributed by atoms with Gasteiger partial charge in [0, 0.05) is 29.6 Å². The molecule has 0 aromatic carbocycles. The highest BCUT2D eigenvalue weighted by Gasteiger charge is 2.68. The maximum Gasteiger partial charge on any atom is 0.406 e. The minimum absolute atomic E-state index is 0.0908. The first kappa shape index (κ1) is 14.6. The Labute approximate surface area is 119 Å². The monoisotopic (exact) mass is 290 g/mol. The van der Waals surface area contributed by atoms with Crippen LogP contribution in [0.2, 0.25) is 0 Å². The molecule has 0 spiro atoms. The normalized spacial score (nSPS) is 39.8. The summed E-state index contributed by atoms with van der Waals surface area (Å²) in [5, 5.41) is 2.88. The number of nitrogens with zero attached hydrogens (tertiary/aromatic N) is 1. The van der Waals surface area contributed by atoms with Gasteiger partial charge in [-0.1, -0.05) is 0 Å². The predicted octanol–water partition coefficient (Wildman–Crippen LogP) is 3.32. The molecule has 3 aliphatic rings. The molecule has 0 aromatic rings. The maximum atomic E-state index is 13.0. The van der Waals surface area contributed by atoms with Crippen molar-refractivity contribution >= 4 is 0 Å². The Morgan fingerprint density at radius 2 is 1.75 bits per heavy atom. The highest BCUT2D eigenvalue weighted by molar-refractivity contribution is 5.20. The minimum Gasteiger partial charge on any atom is -0.303 e. The number of alkyl halides is 3. The summed E-state index contributed by atoms with van der Waals surface area (Å²) in [4.78, 5) is 2.50.